The van der Waals surface area contributed by atoms with Gasteiger partial charge in [0.25, 0.3) is 5.91 Å². The first kappa shape index (κ1) is 15.8. The summed E-state index contributed by atoms with van der Waals surface area (Å²) in [4.78, 5) is 26.2. The second-order valence-electron chi connectivity index (χ2n) is 4.77. The number of halogens is 1. The van der Waals surface area contributed by atoms with Gasteiger partial charge in [0.2, 0.25) is 5.91 Å². The number of amides is 2. The molecule has 0 radical (unpaired) electrons. The number of aromatic hydroxyl groups is 1. The summed E-state index contributed by atoms with van der Waals surface area (Å²) in [5, 5.41) is 15.7. The van der Waals surface area contributed by atoms with E-state index in [0.717, 1.165) is 0 Å². The number of phenols is 1. The fraction of sp³-hybridized carbons (Fsp3) is 0.429. The fourth-order valence-corrected chi connectivity index (χ4v) is 2.67. The second kappa shape index (κ2) is 6.91. The highest BCUT2D eigenvalue weighted by atomic mass is 79.9. The lowest BCUT2D eigenvalue weighted by Crippen LogP contribution is -2.59. The Labute approximate surface area is 131 Å². The first-order valence-electron chi connectivity index (χ1n) is 6.82. The number of carbonyl (C=O) groups excluding carboxylic acids is 2. The number of hydrogen-bond acceptors (Lipinski definition) is 4. The third-order valence-corrected chi connectivity index (χ3v) is 3.84. The van der Waals surface area contributed by atoms with Crippen molar-refractivity contribution in [1.82, 2.24) is 15.5 Å². The van der Waals surface area contributed by atoms with Crippen molar-refractivity contribution in [3.05, 3.63) is 28.2 Å². The predicted molar refractivity (Wildman–Crippen MR) is 82.2 cm³/mol. The predicted octanol–water partition coefficient (Wildman–Crippen LogP) is 0.705. The smallest absolute Gasteiger partial charge is 0.258 e. The van der Waals surface area contributed by atoms with E-state index in [-0.39, 0.29) is 23.1 Å². The molecule has 6 nitrogen and oxygen atoms in total. The molecule has 3 N–H and O–H groups in total. The number of phenolic OH excluding ortho intramolecular Hbond substituents is 1. The van der Waals surface area contributed by atoms with Crippen LogP contribution in [0.2, 0.25) is 0 Å². The van der Waals surface area contributed by atoms with Gasteiger partial charge in [0.05, 0.1) is 5.56 Å². The third kappa shape index (κ3) is 3.54. The Morgan fingerprint density at radius 1 is 1.52 bits per heavy atom. The first-order chi connectivity index (χ1) is 10.0. The van der Waals surface area contributed by atoms with Crippen LogP contribution < -0.4 is 10.6 Å². The maximum absolute atomic E-state index is 12.6. The van der Waals surface area contributed by atoms with Crippen molar-refractivity contribution in [3.63, 3.8) is 0 Å². The molecule has 21 heavy (non-hydrogen) atoms. The van der Waals surface area contributed by atoms with Crippen LogP contribution in [0, 0.1) is 0 Å². The summed E-state index contributed by atoms with van der Waals surface area (Å²) in [5.74, 6) is -0.615. The van der Waals surface area contributed by atoms with E-state index in [1.54, 1.807) is 12.1 Å². The third-order valence-electron chi connectivity index (χ3n) is 3.35. The quantitative estimate of drug-likeness (QED) is 0.745. The molecule has 1 unspecified atom stereocenters. The number of carbonyl (C=O) groups is 2. The highest BCUT2D eigenvalue weighted by Crippen LogP contribution is 2.24. The van der Waals surface area contributed by atoms with E-state index in [4.69, 9.17) is 0 Å². The monoisotopic (exact) mass is 355 g/mol. The average molecular weight is 356 g/mol. The van der Waals surface area contributed by atoms with Crippen molar-refractivity contribution in [2.75, 3.05) is 26.2 Å². The zero-order valence-electron chi connectivity index (χ0n) is 11.7. The minimum atomic E-state index is -0.565. The molecule has 2 amide bonds. The van der Waals surface area contributed by atoms with Crippen LogP contribution in [0.3, 0.4) is 0 Å². The minimum absolute atomic E-state index is 0.0867. The topological polar surface area (TPSA) is 81.7 Å². The Kier molecular flexibility index (Phi) is 5.19. The Balaban J connectivity index is 2.26. The lowest BCUT2D eigenvalue weighted by atomic mass is 10.1. The Morgan fingerprint density at radius 2 is 2.29 bits per heavy atom. The van der Waals surface area contributed by atoms with E-state index in [0.29, 0.717) is 30.7 Å². The number of likely N-dealkylation sites (N-methyl/N-ethyl adjacent to an activating group) is 1. The van der Waals surface area contributed by atoms with Crippen molar-refractivity contribution < 1.29 is 14.7 Å². The van der Waals surface area contributed by atoms with Gasteiger partial charge in [-0.2, -0.15) is 0 Å². The van der Waals surface area contributed by atoms with Crippen LogP contribution in [0.25, 0.3) is 0 Å². The molecule has 1 saturated heterocycles. The second-order valence-corrected chi connectivity index (χ2v) is 5.69. The van der Waals surface area contributed by atoms with Crippen LogP contribution in [0.5, 0.6) is 5.75 Å². The maximum atomic E-state index is 12.6. The van der Waals surface area contributed by atoms with Crippen LogP contribution in [-0.2, 0) is 4.79 Å². The van der Waals surface area contributed by atoms with Crippen molar-refractivity contribution in [2.45, 2.75) is 13.0 Å². The summed E-state index contributed by atoms with van der Waals surface area (Å²) in [6.07, 6.45) is 0. The lowest BCUT2D eigenvalue weighted by Gasteiger charge is -2.35. The minimum Gasteiger partial charge on any atom is -0.507 e. The standard InChI is InChI=1S/C14H18BrN3O3/c1-2-17-13(20)11-8-16-5-6-18(11)14(21)10-7-9(15)3-4-12(10)19/h3-4,7,11,16,19H,2,5-6,8H2,1H3,(H,17,20). The molecule has 0 aliphatic carbocycles. The van der Waals surface area contributed by atoms with Crippen LogP contribution in [0.1, 0.15) is 17.3 Å². The number of nitrogens with zero attached hydrogens (tertiary/aromatic N) is 1. The average Bonchev–Trinajstić information content (AvgIpc) is 2.49. The number of nitrogens with one attached hydrogen (secondary N) is 2. The number of benzene rings is 1. The molecule has 114 valence electrons. The van der Waals surface area contributed by atoms with E-state index in [9.17, 15) is 14.7 Å². The van der Waals surface area contributed by atoms with Crippen molar-refractivity contribution in [2.24, 2.45) is 0 Å². The Morgan fingerprint density at radius 3 is 3.00 bits per heavy atom. The van der Waals surface area contributed by atoms with E-state index < -0.39 is 6.04 Å². The van der Waals surface area contributed by atoms with Crippen LogP contribution >= 0.6 is 15.9 Å². The summed E-state index contributed by atoms with van der Waals surface area (Å²) in [7, 11) is 0. The summed E-state index contributed by atoms with van der Waals surface area (Å²) < 4.78 is 0.702. The molecule has 1 aliphatic rings. The van der Waals surface area contributed by atoms with Gasteiger partial charge in [-0.05, 0) is 25.1 Å². The van der Waals surface area contributed by atoms with Gasteiger partial charge < -0.3 is 20.6 Å². The van der Waals surface area contributed by atoms with E-state index >= 15 is 0 Å². The van der Waals surface area contributed by atoms with E-state index in [1.807, 2.05) is 6.92 Å². The molecule has 1 aliphatic heterocycles. The van der Waals surface area contributed by atoms with Gasteiger partial charge in [0, 0.05) is 30.7 Å². The lowest BCUT2D eigenvalue weighted by molar-refractivity contribution is -0.126. The normalized spacial score (nSPS) is 18.4. The zero-order valence-corrected chi connectivity index (χ0v) is 13.3. The molecule has 0 saturated carbocycles. The molecular formula is C14H18BrN3O3. The van der Waals surface area contributed by atoms with Crippen LogP contribution in [-0.4, -0.2) is 54.0 Å². The summed E-state index contributed by atoms with van der Waals surface area (Å²) in [5.41, 5.74) is 0.195. The van der Waals surface area contributed by atoms with Gasteiger partial charge in [0.15, 0.2) is 0 Å². The summed E-state index contributed by atoms with van der Waals surface area (Å²) >= 11 is 3.28. The fourth-order valence-electron chi connectivity index (χ4n) is 2.31. The molecule has 1 heterocycles. The van der Waals surface area contributed by atoms with Gasteiger partial charge in [-0.1, -0.05) is 15.9 Å². The molecule has 1 fully saturated rings. The van der Waals surface area contributed by atoms with Gasteiger partial charge in [0.1, 0.15) is 11.8 Å². The van der Waals surface area contributed by atoms with Crippen LogP contribution in [0.4, 0.5) is 0 Å². The number of piperazine rings is 1. The molecular weight excluding hydrogens is 338 g/mol. The molecule has 0 aromatic heterocycles. The SMILES string of the molecule is CCNC(=O)C1CNCCN1C(=O)c1cc(Br)ccc1O. The maximum Gasteiger partial charge on any atom is 0.258 e. The molecule has 1 atom stereocenters. The molecule has 2 rings (SSSR count). The highest BCUT2D eigenvalue weighted by molar-refractivity contribution is 9.10. The summed E-state index contributed by atoms with van der Waals surface area (Å²) in [6.45, 7) is 3.80. The molecule has 0 spiro atoms. The highest BCUT2D eigenvalue weighted by Gasteiger charge is 2.33. The van der Waals surface area contributed by atoms with Crippen molar-refractivity contribution >= 4 is 27.7 Å². The largest absolute Gasteiger partial charge is 0.507 e. The summed E-state index contributed by atoms with van der Waals surface area (Å²) in [6, 6.07) is 4.12. The van der Waals surface area contributed by atoms with Gasteiger partial charge in [-0.25, -0.2) is 0 Å². The van der Waals surface area contributed by atoms with Crippen molar-refractivity contribution in [1.29, 1.82) is 0 Å². The molecule has 1 aromatic rings. The Hall–Kier alpha value is -1.60. The number of rotatable bonds is 3. The van der Waals surface area contributed by atoms with E-state index in [2.05, 4.69) is 26.6 Å². The molecule has 1 aromatic carbocycles. The number of hydrogen-bond donors (Lipinski definition) is 3. The van der Waals surface area contributed by atoms with Crippen LogP contribution in [0.15, 0.2) is 22.7 Å². The van der Waals surface area contributed by atoms with E-state index in [1.165, 1.54) is 11.0 Å². The molecule has 7 heteroatoms. The van der Waals surface area contributed by atoms with Crippen molar-refractivity contribution in [3.8, 4) is 5.75 Å². The van der Waals surface area contributed by atoms with Gasteiger partial charge in [-0.3, -0.25) is 9.59 Å². The molecule has 0 bridgehead atoms. The first-order valence-corrected chi connectivity index (χ1v) is 7.61. The Bertz CT molecular complexity index is 550. The van der Waals surface area contributed by atoms with Gasteiger partial charge >= 0.3 is 0 Å². The van der Waals surface area contributed by atoms with Gasteiger partial charge in [-0.15, -0.1) is 0 Å². The zero-order chi connectivity index (χ0) is 15.4.